The third kappa shape index (κ3) is 5.41. The van der Waals surface area contributed by atoms with Crippen molar-refractivity contribution >= 4 is 5.91 Å². The number of hydrogen-bond donors (Lipinski definition) is 3. The van der Waals surface area contributed by atoms with Crippen LogP contribution < -0.4 is 10.1 Å². The number of ether oxygens (including phenoxy) is 1. The van der Waals surface area contributed by atoms with Crippen molar-refractivity contribution in [3.8, 4) is 17.2 Å². The molecule has 3 N–H and O–H groups in total. The molecular weight excluding hydrogens is 330 g/mol. The van der Waals surface area contributed by atoms with E-state index in [1.165, 1.54) is 12.1 Å². The summed E-state index contributed by atoms with van der Waals surface area (Å²) in [5, 5.41) is 21.9. The number of carbonyl (C=O) groups is 1. The number of phenolic OH excluding ortho intramolecular Hbond substituents is 2. The predicted molar refractivity (Wildman–Crippen MR) is 102 cm³/mol. The average molecular weight is 357 g/mol. The Hall–Kier alpha value is -2.69. The number of aryl methyl sites for hydroxylation is 3. The van der Waals surface area contributed by atoms with E-state index in [9.17, 15) is 15.0 Å². The standard InChI is InChI=1S/C21H27NO4/c1-14-6-4-7-15(2)21(14)26-11-5-8-20(25)22-10-9-17-13-19(24)18(23)12-16(17)3/h4,6-7,12-13,23-24H,5,8-11H2,1-3H3,(H,22,25). The molecule has 1 amide bonds. The molecule has 0 aromatic heterocycles. The van der Waals surface area contributed by atoms with Gasteiger partial charge in [0.05, 0.1) is 6.61 Å². The quantitative estimate of drug-likeness (QED) is 0.499. The van der Waals surface area contributed by atoms with Crippen LogP contribution >= 0.6 is 0 Å². The Labute approximate surface area is 154 Å². The van der Waals surface area contributed by atoms with Crippen LogP contribution in [0.5, 0.6) is 17.2 Å². The van der Waals surface area contributed by atoms with Gasteiger partial charge in [0.25, 0.3) is 0 Å². The first-order valence-electron chi connectivity index (χ1n) is 8.85. The van der Waals surface area contributed by atoms with E-state index >= 15 is 0 Å². The van der Waals surface area contributed by atoms with E-state index in [0.29, 0.717) is 32.4 Å². The zero-order valence-corrected chi connectivity index (χ0v) is 15.6. The first kappa shape index (κ1) is 19.6. The van der Waals surface area contributed by atoms with Gasteiger partial charge in [0.15, 0.2) is 11.5 Å². The van der Waals surface area contributed by atoms with Gasteiger partial charge < -0.3 is 20.3 Å². The molecule has 0 bridgehead atoms. The summed E-state index contributed by atoms with van der Waals surface area (Å²) in [7, 11) is 0. The highest BCUT2D eigenvalue weighted by atomic mass is 16.5. The molecule has 26 heavy (non-hydrogen) atoms. The summed E-state index contributed by atoms with van der Waals surface area (Å²) in [6.45, 7) is 6.88. The van der Waals surface area contributed by atoms with Crippen molar-refractivity contribution in [1.82, 2.24) is 5.32 Å². The van der Waals surface area contributed by atoms with E-state index in [4.69, 9.17) is 4.74 Å². The van der Waals surface area contributed by atoms with Crippen LogP contribution in [0.2, 0.25) is 0 Å². The molecular formula is C21H27NO4. The maximum absolute atomic E-state index is 11.9. The molecule has 0 spiro atoms. The van der Waals surface area contributed by atoms with Crippen molar-refractivity contribution in [2.45, 2.75) is 40.0 Å². The van der Waals surface area contributed by atoms with Crippen molar-refractivity contribution in [3.63, 3.8) is 0 Å². The number of carbonyl (C=O) groups excluding carboxylic acids is 1. The smallest absolute Gasteiger partial charge is 0.220 e. The zero-order valence-electron chi connectivity index (χ0n) is 15.6. The summed E-state index contributed by atoms with van der Waals surface area (Å²) in [6, 6.07) is 9.09. The lowest BCUT2D eigenvalue weighted by atomic mass is 10.0. The molecule has 2 aromatic carbocycles. The number of benzene rings is 2. The van der Waals surface area contributed by atoms with Crippen LogP contribution in [0, 0.1) is 20.8 Å². The van der Waals surface area contributed by atoms with Crippen molar-refractivity contribution < 1.29 is 19.7 Å². The third-order valence-electron chi connectivity index (χ3n) is 4.35. The van der Waals surface area contributed by atoms with Crippen LogP contribution in [0.15, 0.2) is 30.3 Å². The van der Waals surface area contributed by atoms with E-state index in [2.05, 4.69) is 5.32 Å². The highest BCUT2D eigenvalue weighted by molar-refractivity contribution is 5.75. The second-order valence-electron chi connectivity index (χ2n) is 6.54. The fourth-order valence-electron chi connectivity index (χ4n) is 2.85. The Kier molecular flexibility index (Phi) is 6.89. The Bertz CT molecular complexity index is 751. The van der Waals surface area contributed by atoms with Gasteiger partial charge in [-0.25, -0.2) is 0 Å². The van der Waals surface area contributed by atoms with Crippen LogP contribution in [0.4, 0.5) is 0 Å². The van der Waals surface area contributed by atoms with Crippen LogP contribution in [-0.4, -0.2) is 29.3 Å². The van der Waals surface area contributed by atoms with Gasteiger partial charge in [-0.15, -0.1) is 0 Å². The van der Waals surface area contributed by atoms with Crippen molar-refractivity contribution in [2.75, 3.05) is 13.2 Å². The van der Waals surface area contributed by atoms with E-state index in [1.54, 1.807) is 0 Å². The largest absolute Gasteiger partial charge is 0.504 e. The molecule has 2 rings (SSSR count). The molecule has 0 saturated heterocycles. The van der Waals surface area contributed by atoms with E-state index < -0.39 is 0 Å². The first-order valence-corrected chi connectivity index (χ1v) is 8.85. The molecule has 5 nitrogen and oxygen atoms in total. The predicted octanol–water partition coefficient (Wildman–Crippen LogP) is 3.54. The number of phenols is 2. The van der Waals surface area contributed by atoms with Gasteiger partial charge >= 0.3 is 0 Å². The molecule has 0 aliphatic rings. The summed E-state index contributed by atoms with van der Waals surface area (Å²) < 4.78 is 5.80. The molecule has 0 atom stereocenters. The number of nitrogens with one attached hydrogen (secondary N) is 1. The fraction of sp³-hybridized carbons (Fsp3) is 0.381. The molecule has 0 radical (unpaired) electrons. The Morgan fingerprint density at radius 3 is 2.38 bits per heavy atom. The second kappa shape index (κ2) is 9.13. The second-order valence-corrected chi connectivity index (χ2v) is 6.54. The van der Waals surface area contributed by atoms with Gasteiger partial charge in [0.2, 0.25) is 5.91 Å². The molecule has 140 valence electrons. The number of amides is 1. The van der Waals surface area contributed by atoms with Crippen molar-refractivity contribution in [1.29, 1.82) is 0 Å². The van der Waals surface area contributed by atoms with Crippen molar-refractivity contribution in [2.24, 2.45) is 0 Å². The summed E-state index contributed by atoms with van der Waals surface area (Å²) in [5.41, 5.74) is 3.99. The number of rotatable bonds is 8. The van der Waals surface area contributed by atoms with Gasteiger partial charge in [0, 0.05) is 13.0 Å². The van der Waals surface area contributed by atoms with Crippen molar-refractivity contribution in [3.05, 3.63) is 52.6 Å². The Morgan fingerprint density at radius 1 is 1.04 bits per heavy atom. The molecule has 2 aromatic rings. The Balaban J connectivity index is 1.69. The zero-order chi connectivity index (χ0) is 19.1. The average Bonchev–Trinajstić information content (AvgIpc) is 2.58. The van der Waals surface area contributed by atoms with Crippen LogP contribution in [-0.2, 0) is 11.2 Å². The van der Waals surface area contributed by atoms with Gasteiger partial charge in [-0.05, 0) is 68.0 Å². The highest BCUT2D eigenvalue weighted by Gasteiger charge is 2.07. The van der Waals surface area contributed by atoms with Gasteiger partial charge in [-0.3, -0.25) is 4.79 Å². The number of hydrogen-bond acceptors (Lipinski definition) is 4. The van der Waals surface area contributed by atoms with Crippen LogP contribution in [0.3, 0.4) is 0 Å². The molecule has 0 saturated carbocycles. The normalized spacial score (nSPS) is 10.6. The molecule has 0 unspecified atom stereocenters. The van der Waals surface area contributed by atoms with Crippen LogP contribution in [0.25, 0.3) is 0 Å². The molecule has 0 aliphatic heterocycles. The first-order chi connectivity index (χ1) is 12.4. The minimum absolute atomic E-state index is 0.0178. The minimum atomic E-state index is -0.138. The molecule has 0 fully saturated rings. The minimum Gasteiger partial charge on any atom is -0.504 e. The van der Waals surface area contributed by atoms with E-state index in [1.807, 2.05) is 39.0 Å². The van der Waals surface area contributed by atoms with E-state index in [-0.39, 0.29) is 17.4 Å². The monoisotopic (exact) mass is 357 g/mol. The van der Waals surface area contributed by atoms with Crippen LogP contribution in [0.1, 0.15) is 35.1 Å². The molecule has 0 aliphatic carbocycles. The fourth-order valence-corrected chi connectivity index (χ4v) is 2.85. The summed E-state index contributed by atoms with van der Waals surface area (Å²) >= 11 is 0. The summed E-state index contributed by atoms with van der Waals surface area (Å²) in [4.78, 5) is 11.9. The topological polar surface area (TPSA) is 78.8 Å². The lowest BCUT2D eigenvalue weighted by Crippen LogP contribution is -2.26. The summed E-state index contributed by atoms with van der Waals surface area (Å²) in [6.07, 6.45) is 1.66. The maximum atomic E-state index is 11.9. The maximum Gasteiger partial charge on any atom is 0.220 e. The van der Waals surface area contributed by atoms with Gasteiger partial charge in [0.1, 0.15) is 5.75 Å². The van der Waals surface area contributed by atoms with E-state index in [0.717, 1.165) is 28.0 Å². The Morgan fingerprint density at radius 2 is 1.69 bits per heavy atom. The summed E-state index contributed by atoms with van der Waals surface area (Å²) in [5.74, 6) is 0.617. The number of aromatic hydroxyl groups is 2. The highest BCUT2D eigenvalue weighted by Crippen LogP contribution is 2.28. The lowest BCUT2D eigenvalue weighted by molar-refractivity contribution is -0.121. The number of para-hydroxylation sites is 1. The SMILES string of the molecule is Cc1cc(O)c(O)cc1CCNC(=O)CCCOc1c(C)cccc1C. The molecule has 0 heterocycles. The molecule has 5 heteroatoms. The van der Waals surface area contributed by atoms with Gasteiger partial charge in [-0.1, -0.05) is 18.2 Å². The lowest BCUT2D eigenvalue weighted by Gasteiger charge is -2.12. The third-order valence-corrected chi connectivity index (χ3v) is 4.35. The van der Waals surface area contributed by atoms with Gasteiger partial charge in [-0.2, -0.15) is 0 Å².